The fraction of sp³-hybridized carbons (Fsp3) is 0.520. The molecule has 0 spiro atoms. The van der Waals surface area contributed by atoms with Crippen LogP contribution >= 0.6 is 0 Å². The van der Waals surface area contributed by atoms with Gasteiger partial charge in [-0.3, -0.25) is 9.59 Å². The van der Waals surface area contributed by atoms with Gasteiger partial charge in [-0.2, -0.15) is 4.98 Å². The van der Waals surface area contributed by atoms with E-state index in [0.717, 1.165) is 41.8 Å². The maximum Gasteiger partial charge on any atom is 0.228 e. The lowest BCUT2D eigenvalue weighted by molar-refractivity contribution is -0.136. The Bertz CT molecular complexity index is 1030. The van der Waals surface area contributed by atoms with Crippen LogP contribution in [0.3, 0.4) is 0 Å². The summed E-state index contributed by atoms with van der Waals surface area (Å²) in [5.74, 6) is 1.60. The molecule has 3 aliphatic rings. The minimum atomic E-state index is -0.276. The predicted octanol–water partition coefficient (Wildman–Crippen LogP) is 2.40. The zero-order valence-corrected chi connectivity index (χ0v) is 19.5. The standard InChI is InChI=1S/C25H32N6O2/c1-18-5-7-21(8-6-18)31-17-20(16-23(31)32)24(33)29-11-13-30(14-12-29)25-26-19(2)15-22(27-25)28-9-3-4-10-28/h5-8,15,20H,3-4,9-14,16-17H2,1-2H3. The molecule has 33 heavy (non-hydrogen) atoms. The number of piperazine rings is 1. The Morgan fingerprint density at radius 3 is 2.30 bits per heavy atom. The van der Waals surface area contributed by atoms with Gasteiger partial charge in [0.05, 0.1) is 5.92 Å². The fourth-order valence-corrected chi connectivity index (χ4v) is 5.02. The minimum Gasteiger partial charge on any atom is -0.356 e. The second kappa shape index (κ2) is 9.00. The molecule has 4 heterocycles. The van der Waals surface area contributed by atoms with Gasteiger partial charge in [0.15, 0.2) is 0 Å². The van der Waals surface area contributed by atoms with Crippen LogP contribution in [-0.4, -0.2) is 72.5 Å². The number of benzene rings is 1. The van der Waals surface area contributed by atoms with Gasteiger partial charge in [0, 0.05) is 69.7 Å². The molecule has 1 atom stereocenters. The van der Waals surface area contributed by atoms with Gasteiger partial charge in [0.25, 0.3) is 0 Å². The van der Waals surface area contributed by atoms with Crippen LogP contribution in [-0.2, 0) is 9.59 Å². The van der Waals surface area contributed by atoms with Gasteiger partial charge in [-0.1, -0.05) is 17.7 Å². The highest BCUT2D eigenvalue weighted by Crippen LogP contribution is 2.27. The number of aryl methyl sites for hydroxylation is 2. The Hall–Kier alpha value is -3.16. The Kier molecular flexibility index (Phi) is 5.91. The van der Waals surface area contributed by atoms with Crippen molar-refractivity contribution in [3.8, 4) is 0 Å². The van der Waals surface area contributed by atoms with E-state index in [4.69, 9.17) is 4.98 Å². The van der Waals surface area contributed by atoms with E-state index < -0.39 is 0 Å². The molecule has 0 bridgehead atoms. The first-order valence-electron chi connectivity index (χ1n) is 12.0. The van der Waals surface area contributed by atoms with E-state index in [0.29, 0.717) is 32.7 Å². The van der Waals surface area contributed by atoms with Crippen LogP contribution in [0.4, 0.5) is 17.5 Å². The normalized spacial score (nSPS) is 21.3. The molecule has 0 aliphatic carbocycles. The Balaban J connectivity index is 1.20. The molecular weight excluding hydrogens is 416 g/mol. The quantitative estimate of drug-likeness (QED) is 0.715. The van der Waals surface area contributed by atoms with E-state index in [9.17, 15) is 9.59 Å². The second-order valence-corrected chi connectivity index (χ2v) is 9.41. The minimum absolute atomic E-state index is 0.0263. The summed E-state index contributed by atoms with van der Waals surface area (Å²) in [5, 5.41) is 0. The molecule has 8 heteroatoms. The zero-order valence-electron chi connectivity index (χ0n) is 19.5. The topological polar surface area (TPSA) is 72.9 Å². The fourth-order valence-electron chi connectivity index (χ4n) is 5.02. The molecule has 3 aliphatic heterocycles. The van der Waals surface area contributed by atoms with Crippen molar-refractivity contribution in [1.82, 2.24) is 14.9 Å². The van der Waals surface area contributed by atoms with Gasteiger partial charge in [-0.05, 0) is 38.8 Å². The van der Waals surface area contributed by atoms with Crippen molar-refractivity contribution in [3.05, 3.63) is 41.6 Å². The van der Waals surface area contributed by atoms with Crippen molar-refractivity contribution >= 4 is 29.3 Å². The van der Waals surface area contributed by atoms with Gasteiger partial charge < -0.3 is 19.6 Å². The number of nitrogens with zero attached hydrogens (tertiary/aromatic N) is 6. The summed E-state index contributed by atoms with van der Waals surface area (Å²) in [6.07, 6.45) is 2.71. The highest BCUT2D eigenvalue weighted by molar-refractivity contribution is 6.00. The predicted molar refractivity (Wildman–Crippen MR) is 129 cm³/mol. The number of hydrogen-bond donors (Lipinski definition) is 0. The monoisotopic (exact) mass is 448 g/mol. The molecule has 3 fully saturated rings. The largest absolute Gasteiger partial charge is 0.356 e. The first-order valence-corrected chi connectivity index (χ1v) is 12.0. The van der Waals surface area contributed by atoms with Crippen molar-refractivity contribution < 1.29 is 9.59 Å². The van der Waals surface area contributed by atoms with E-state index in [1.807, 2.05) is 43.0 Å². The number of hydrogen-bond acceptors (Lipinski definition) is 6. The third-order valence-corrected chi connectivity index (χ3v) is 6.95. The van der Waals surface area contributed by atoms with Crippen LogP contribution < -0.4 is 14.7 Å². The molecular formula is C25H32N6O2. The van der Waals surface area contributed by atoms with E-state index in [-0.39, 0.29) is 24.2 Å². The molecule has 2 amide bonds. The van der Waals surface area contributed by atoms with E-state index >= 15 is 0 Å². The average Bonchev–Trinajstić information content (AvgIpc) is 3.49. The third-order valence-electron chi connectivity index (χ3n) is 6.95. The molecule has 3 saturated heterocycles. The molecule has 1 aromatic heterocycles. The summed E-state index contributed by atoms with van der Waals surface area (Å²) in [7, 11) is 0. The summed E-state index contributed by atoms with van der Waals surface area (Å²) in [6.45, 7) is 9.28. The number of anilines is 3. The molecule has 2 aromatic rings. The van der Waals surface area contributed by atoms with E-state index in [1.165, 1.54) is 12.8 Å². The molecule has 5 rings (SSSR count). The molecule has 8 nitrogen and oxygen atoms in total. The Morgan fingerprint density at radius 2 is 1.61 bits per heavy atom. The van der Waals surface area contributed by atoms with Crippen molar-refractivity contribution in [2.45, 2.75) is 33.1 Å². The SMILES string of the molecule is Cc1ccc(N2CC(C(=O)N3CCN(c4nc(C)cc(N5CCCC5)n4)CC3)CC2=O)cc1. The van der Waals surface area contributed by atoms with Crippen molar-refractivity contribution in [2.24, 2.45) is 5.92 Å². The van der Waals surface area contributed by atoms with Crippen LogP contribution in [0.15, 0.2) is 30.3 Å². The summed E-state index contributed by atoms with van der Waals surface area (Å²) in [5.41, 5.74) is 3.00. The lowest BCUT2D eigenvalue weighted by Crippen LogP contribution is -2.51. The molecule has 0 radical (unpaired) electrons. The number of rotatable bonds is 4. The zero-order chi connectivity index (χ0) is 22.9. The van der Waals surface area contributed by atoms with Gasteiger partial charge in [-0.25, -0.2) is 4.98 Å². The van der Waals surface area contributed by atoms with Gasteiger partial charge >= 0.3 is 0 Å². The van der Waals surface area contributed by atoms with Gasteiger partial charge in [0.1, 0.15) is 5.82 Å². The highest BCUT2D eigenvalue weighted by atomic mass is 16.2. The maximum absolute atomic E-state index is 13.2. The van der Waals surface area contributed by atoms with Crippen LogP contribution in [0.25, 0.3) is 0 Å². The summed E-state index contributed by atoms with van der Waals surface area (Å²) >= 11 is 0. The van der Waals surface area contributed by atoms with Crippen LogP contribution in [0.5, 0.6) is 0 Å². The molecule has 0 N–H and O–H groups in total. The van der Waals surface area contributed by atoms with Crippen molar-refractivity contribution in [3.63, 3.8) is 0 Å². The van der Waals surface area contributed by atoms with E-state index in [1.54, 1.807) is 4.90 Å². The molecule has 174 valence electrons. The second-order valence-electron chi connectivity index (χ2n) is 9.41. The average molecular weight is 449 g/mol. The molecule has 0 saturated carbocycles. The number of carbonyl (C=O) groups excluding carboxylic acids is 2. The Labute approximate surface area is 195 Å². The first-order chi connectivity index (χ1) is 16.0. The van der Waals surface area contributed by atoms with Crippen LogP contribution in [0, 0.1) is 19.8 Å². The smallest absolute Gasteiger partial charge is 0.228 e. The summed E-state index contributed by atoms with van der Waals surface area (Å²) < 4.78 is 0. The Morgan fingerprint density at radius 1 is 0.909 bits per heavy atom. The van der Waals surface area contributed by atoms with Crippen LogP contribution in [0.1, 0.15) is 30.5 Å². The van der Waals surface area contributed by atoms with Gasteiger partial charge in [0.2, 0.25) is 17.8 Å². The molecule has 1 aromatic carbocycles. The van der Waals surface area contributed by atoms with Crippen LogP contribution in [0.2, 0.25) is 0 Å². The third kappa shape index (κ3) is 4.51. The lowest BCUT2D eigenvalue weighted by Gasteiger charge is -2.36. The summed E-state index contributed by atoms with van der Waals surface area (Å²) in [4.78, 5) is 43.4. The number of carbonyl (C=O) groups is 2. The van der Waals surface area contributed by atoms with Gasteiger partial charge in [-0.15, -0.1) is 0 Å². The van der Waals surface area contributed by atoms with Crippen molar-refractivity contribution in [1.29, 1.82) is 0 Å². The first kappa shape index (κ1) is 21.7. The van der Waals surface area contributed by atoms with E-state index in [2.05, 4.69) is 20.9 Å². The summed E-state index contributed by atoms with van der Waals surface area (Å²) in [6, 6.07) is 9.97. The highest BCUT2D eigenvalue weighted by Gasteiger charge is 2.38. The maximum atomic E-state index is 13.2. The number of amides is 2. The number of aromatic nitrogens is 2. The lowest BCUT2D eigenvalue weighted by atomic mass is 10.1. The van der Waals surface area contributed by atoms with Crippen molar-refractivity contribution in [2.75, 3.05) is 60.5 Å². The molecule has 1 unspecified atom stereocenters.